The lowest BCUT2D eigenvalue weighted by atomic mass is 10.1. The molecule has 14 heavy (non-hydrogen) atoms. The van der Waals surface area contributed by atoms with Crippen molar-refractivity contribution in [3.05, 3.63) is 0 Å². The topological polar surface area (TPSA) is 15.3 Å². The summed E-state index contributed by atoms with van der Waals surface area (Å²) in [6.45, 7) is 9.51. The Morgan fingerprint density at radius 2 is 1.86 bits per heavy atom. The van der Waals surface area contributed by atoms with Gasteiger partial charge in [0.15, 0.2) is 0 Å². The third-order valence-electron chi connectivity index (χ3n) is 3.25. The first-order chi connectivity index (χ1) is 6.84. The third kappa shape index (κ3) is 4.43. The molecule has 1 fully saturated rings. The number of nitrogens with one attached hydrogen (secondary N) is 1. The molecular formula is C12H26N2. The molecule has 0 aromatic rings. The van der Waals surface area contributed by atoms with Crippen LogP contribution in [0.15, 0.2) is 0 Å². The van der Waals surface area contributed by atoms with Crippen molar-refractivity contribution < 1.29 is 0 Å². The zero-order valence-corrected chi connectivity index (χ0v) is 9.89. The highest BCUT2D eigenvalue weighted by molar-refractivity contribution is 4.73. The highest BCUT2D eigenvalue weighted by Gasteiger charge is 2.15. The van der Waals surface area contributed by atoms with Crippen molar-refractivity contribution in [2.75, 3.05) is 26.2 Å². The van der Waals surface area contributed by atoms with Crippen LogP contribution in [-0.2, 0) is 0 Å². The van der Waals surface area contributed by atoms with E-state index in [4.69, 9.17) is 0 Å². The number of rotatable bonds is 6. The number of unbranched alkanes of at least 4 members (excludes halogenated alkanes) is 3. The van der Waals surface area contributed by atoms with Gasteiger partial charge in [-0.2, -0.15) is 0 Å². The van der Waals surface area contributed by atoms with Gasteiger partial charge >= 0.3 is 0 Å². The van der Waals surface area contributed by atoms with Crippen LogP contribution in [0.4, 0.5) is 0 Å². The molecule has 1 rings (SSSR count). The van der Waals surface area contributed by atoms with Crippen molar-refractivity contribution in [2.45, 2.75) is 52.0 Å². The van der Waals surface area contributed by atoms with Crippen LogP contribution in [0.5, 0.6) is 0 Å². The van der Waals surface area contributed by atoms with Gasteiger partial charge in [-0.3, -0.25) is 4.90 Å². The minimum Gasteiger partial charge on any atom is -0.314 e. The van der Waals surface area contributed by atoms with E-state index in [-0.39, 0.29) is 0 Å². The molecule has 0 aromatic carbocycles. The lowest BCUT2D eigenvalue weighted by Crippen LogP contribution is -2.47. The number of hydrogen-bond acceptors (Lipinski definition) is 2. The number of piperazine rings is 1. The Bertz CT molecular complexity index is 130. The molecule has 84 valence electrons. The maximum absolute atomic E-state index is 3.40. The Kier molecular flexibility index (Phi) is 6.20. The first-order valence-electron chi connectivity index (χ1n) is 6.29. The molecule has 1 aliphatic heterocycles. The average molecular weight is 198 g/mol. The minimum atomic E-state index is 0.800. The smallest absolute Gasteiger partial charge is 0.0110 e. The van der Waals surface area contributed by atoms with E-state index in [1.54, 1.807) is 0 Å². The van der Waals surface area contributed by atoms with E-state index in [1.165, 1.54) is 58.3 Å². The van der Waals surface area contributed by atoms with E-state index < -0.39 is 0 Å². The predicted octanol–water partition coefficient (Wildman–Crippen LogP) is 2.25. The summed E-state index contributed by atoms with van der Waals surface area (Å²) in [4.78, 5) is 2.63. The predicted molar refractivity (Wildman–Crippen MR) is 62.7 cm³/mol. The molecule has 1 aliphatic rings. The maximum atomic E-state index is 3.40. The van der Waals surface area contributed by atoms with Crippen LogP contribution in [0.3, 0.4) is 0 Å². The van der Waals surface area contributed by atoms with Gasteiger partial charge in [0.25, 0.3) is 0 Å². The first kappa shape index (κ1) is 12.0. The van der Waals surface area contributed by atoms with Gasteiger partial charge in [0.2, 0.25) is 0 Å². The Hall–Kier alpha value is -0.0800. The third-order valence-corrected chi connectivity index (χ3v) is 3.25. The van der Waals surface area contributed by atoms with Gasteiger partial charge in [-0.15, -0.1) is 0 Å². The Morgan fingerprint density at radius 3 is 2.50 bits per heavy atom. The summed E-state index contributed by atoms with van der Waals surface area (Å²) in [5.41, 5.74) is 0. The van der Waals surface area contributed by atoms with Crippen molar-refractivity contribution in [2.24, 2.45) is 0 Å². The molecule has 2 nitrogen and oxygen atoms in total. The second-order valence-corrected chi connectivity index (χ2v) is 4.48. The molecule has 0 spiro atoms. The van der Waals surface area contributed by atoms with Crippen molar-refractivity contribution >= 4 is 0 Å². The molecule has 0 aliphatic carbocycles. The van der Waals surface area contributed by atoms with Crippen molar-refractivity contribution in [1.82, 2.24) is 10.2 Å². The molecule has 1 unspecified atom stereocenters. The highest BCUT2D eigenvalue weighted by atomic mass is 15.2. The summed E-state index contributed by atoms with van der Waals surface area (Å²) >= 11 is 0. The highest BCUT2D eigenvalue weighted by Crippen LogP contribution is 2.10. The Labute approximate surface area is 89.1 Å². The van der Waals surface area contributed by atoms with Gasteiger partial charge < -0.3 is 5.32 Å². The Balaban J connectivity index is 2.04. The van der Waals surface area contributed by atoms with Gasteiger partial charge in [0, 0.05) is 32.2 Å². The second-order valence-electron chi connectivity index (χ2n) is 4.48. The van der Waals surface area contributed by atoms with Gasteiger partial charge in [-0.05, 0) is 13.3 Å². The SMILES string of the molecule is CCCCCCC(C)N1CCNCC1. The van der Waals surface area contributed by atoms with Crippen LogP contribution in [-0.4, -0.2) is 37.1 Å². The molecule has 0 radical (unpaired) electrons. The summed E-state index contributed by atoms with van der Waals surface area (Å²) in [6.07, 6.45) is 6.99. The summed E-state index contributed by atoms with van der Waals surface area (Å²) < 4.78 is 0. The van der Waals surface area contributed by atoms with Crippen LogP contribution in [0, 0.1) is 0 Å². The zero-order valence-electron chi connectivity index (χ0n) is 9.89. The van der Waals surface area contributed by atoms with Crippen LogP contribution in [0.1, 0.15) is 46.0 Å². The fraction of sp³-hybridized carbons (Fsp3) is 1.00. The molecule has 1 N–H and O–H groups in total. The molecule has 2 heteroatoms. The summed E-state index contributed by atoms with van der Waals surface area (Å²) in [5.74, 6) is 0. The zero-order chi connectivity index (χ0) is 10.2. The molecule has 1 heterocycles. The first-order valence-corrected chi connectivity index (χ1v) is 6.29. The van der Waals surface area contributed by atoms with Gasteiger partial charge in [0.05, 0.1) is 0 Å². The van der Waals surface area contributed by atoms with Crippen LogP contribution in [0.25, 0.3) is 0 Å². The van der Waals surface area contributed by atoms with E-state index in [9.17, 15) is 0 Å². The molecule has 1 saturated heterocycles. The summed E-state index contributed by atoms with van der Waals surface area (Å²) in [5, 5.41) is 3.40. The quantitative estimate of drug-likeness (QED) is 0.659. The van der Waals surface area contributed by atoms with E-state index in [0.717, 1.165) is 6.04 Å². The standard InChI is InChI=1S/C12H26N2/c1-3-4-5-6-7-12(2)14-10-8-13-9-11-14/h12-13H,3-11H2,1-2H3. The van der Waals surface area contributed by atoms with E-state index in [2.05, 4.69) is 24.1 Å². The lowest BCUT2D eigenvalue weighted by molar-refractivity contribution is 0.174. The van der Waals surface area contributed by atoms with Crippen molar-refractivity contribution in [3.8, 4) is 0 Å². The van der Waals surface area contributed by atoms with E-state index >= 15 is 0 Å². The second kappa shape index (κ2) is 7.24. The van der Waals surface area contributed by atoms with Crippen molar-refractivity contribution in [1.29, 1.82) is 0 Å². The van der Waals surface area contributed by atoms with Gasteiger partial charge in [0.1, 0.15) is 0 Å². The Morgan fingerprint density at radius 1 is 1.14 bits per heavy atom. The summed E-state index contributed by atoms with van der Waals surface area (Å²) in [6, 6.07) is 0.800. The molecule has 0 aromatic heterocycles. The maximum Gasteiger partial charge on any atom is 0.0110 e. The van der Waals surface area contributed by atoms with Gasteiger partial charge in [-0.1, -0.05) is 32.6 Å². The summed E-state index contributed by atoms with van der Waals surface area (Å²) in [7, 11) is 0. The fourth-order valence-electron chi connectivity index (χ4n) is 2.17. The average Bonchev–Trinajstić information content (AvgIpc) is 2.25. The number of nitrogens with zero attached hydrogens (tertiary/aromatic N) is 1. The minimum absolute atomic E-state index is 0.800. The fourth-order valence-corrected chi connectivity index (χ4v) is 2.17. The normalized spacial score (nSPS) is 21.0. The van der Waals surface area contributed by atoms with Gasteiger partial charge in [-0.25, -0.2) is 0 Å². The molecule has 0 saturated carbocycles. The molecular weight excluding hydrogens is 172 g/mol. The van der Waals surface area contributed by atoms with E-state index in [0.29, 0.717) is 0 Å². The lowest BCUT2D eigenvalue weighted by Gasteiger charge is -2.32. The van der Waals surface area contributed by atoms with Crippen LogP contribution >= 0.6 is 0 Å². The largest absolute Gasteiger partial charge is 0.314 e. The molecule has 0 amide bonds. The monoisotopic (exact) mass is 198 g/mol. The van der Waals surface area contributed by atoms with Crippen LogP contribution in [0.2, 0.25) is 0 Å². The number of hydrogen-bond donors (Lipinski definition) is 1. The van der Waals surface area contributed by atoms with Crippen LogP contribution < -0.4 is 5.32 Å². The molecule has 1 atom stereocenters. The van der Waals surface area contributed by atoms with E-state index in [1.807, 2.05) is 0 Å². The van der Waals surface area contributed by atoms with Crippen molar-refractivity contribution in [3.63, 3.8) is 0 Å². The molecule has 0 bridgehead atoms.